The van der Waals surface area contributed by atoms with E-state index in [9.17, 15) is 9.90 Å². The summed E-state index contributed by atoms with van der Waals surface area (Å²) in [5, 5.41) is 10.9. The van der Waals surface area contributed by atoms with Gasteiger partial charge in [-0.3, -0.25) is 9.78 Å². The first-order valence-corrected chi connectivity index (χ1v) is 13.0. The van der Waals surface area contributed by atoms with Crippen LogP contribution in [0.15, 0.2) is 71.8 Å². The number of carboxylic acids is 1. The topological polar surface area (TPSA) is 75.2 Å². The van der Waals surface area contributed by atoms with Gasteiger partial charge in [0.15, 0.2) is 0 Å². The molecule has 0 aliphatic heterocycles. The van der Waals surface area contributed by atoms with E-state index in [1.165, 1.54) is 5.56 Å². The molecule has 0 aliphatic rings. The number of ether oxygens (including phenoxy) is 1. The molecular formula is C30H34N2O3S. The lowest BCUT2D eigenvalue weighted by atomic mass is 9.88. The molecule has 0 saturated heterocycles. The van der Waals surface area contributed by atoms with E-state index in [0.29, 0.717) is 19.4 Å². The summed E-state index contributed by atoms with van der Waals surface area (Å²) in [4.78, 5) is 21.0. The summed E-state index contributed by atoms with van der Waals surface area (Å²) in [5.41, 5.74) is 4.20. The summed E-state index contributed by atoms with van der Waals surface area (Å²) in [6.07, 6.45) is 2.88. The van der Waals surface area contributed by atoms with Gasteiger partial charge in [-0.1, -0.05) is 57.2 Å². The van der Waals surface area contributed by atoms with Crippen molar-refractivity contribution in [2.45, 2.75) is 63.7 Å². The Morgan fingerprint density at radius 2 is 1.72 bits per heavy atom. The molecule has 6 heteroatoms. The maximum Gasteiger partial charge on any atom is 0.309 e. The van der Waals surface area contributed by atoms with Gasteiger partial charge in [0.05, 0.1) is 11.1 Å². The smallest absolute Gasteiger partial charge is 0.309 e. The third kappa shape index (κ3) is 6.11. The molecule has 0 spiro atoms. The average molecular weight is 503 g/mol. The van der Waals surface area contributed by atoms with Gasteiger partial charge in [0.1, 0.15) is 12.4 Å². The van der Waals surface area contributed by atoms with Gasteiger partial charge in [-0.25, -0.2) is 0 Å². The average Bonchev–Trinajstić information content (AvgIpc) is 3.14. The fraction of sp³-hybridized carbons (Fsp3) is 0.333. The zero-order valence-electron chi connectivity index (χ0n) is 21.6. The molecule has 0 saturated carbocycles. The minimum atomic E-state index is -0.897. The van der Waals surface area contributed by atoms with E-state index < -0.39 is 11.4 Å². The van der Waals surface area contributed by atoms with Crippen LogP contribution in [0.2, 0.25) is 0 Å². The Balaban J connectivity index is 1.88. The van der Waals surface area contributed by atoms with Crippen LogP contribution in [0.3, 0.4) is 0 Å². The highest BCUT2D eigenvalue weighted by atomic mass is 32.2. The highest BCUT2D eigenvalue weighted by Gasteiger charge is 2.32. The minimum absolute atomic E-state index is 0.0634. The molecule has 188 valence electrons. The minimum Gasteiger partial charge on any atom is -0.487 e. The number of carboxylic acid groups (broad SMARTS) is 1. The first-order chi connectivity index (χ1) is 17.0. The molecule has 4 rings (SSSR count). The third-order valence-electron chi connectivity index (χ3n) is 5.99. The molecule has 0 fully saturated rings. The molecule has 2 aromatic heterocycles. The molecular weight excluding hydrogens is 468 g/mol. The zero-order valence-corrected chi connectivity index (χ0v) is 22.4. The summed E-state index contributed by atoms with van der Waals surface area (Å²) in [7, 11) is 0. The van der Waals surface area contributed by atoms with Crippen molar-refractivity contribution in [3.05, 3.63) is 89.4 Å². The number of benzene rings is 2. The first kappa shape index (κ1) is 25.8. The summed E-state index contributed by atoms with van der Waals surface area (Å²) in [6, 6.07) is 20.2. The van der Waals surface area contributed by atoms with Crippen LogP contribution in [-0.4, -0.2) is 25.8 Å². The number of pyridine rings is 1. The van der Waals surface area contributed by atoms with Crippen LogP contribution in [0.4, 0.5) is 0 Å². The molecule has 0 amide bonds. The number of hydrogen-bond donors (Lipinski definition) is 2. The van der Waals surface area contributed by atoms with Gasteiger partial charge in [0.2, 0.25) is 0 Å². The Hall–Kier alpha value is -3.25. The second-order valence-electron chi connectivity index (χ2n) is 10.7. The van der Waals surface area contributed by atoms with Crippen LogP contribution in [0.25, 0.3) is 10.9 Å². The van der Waals surface area contributed by atoms with Crippen molar-refractivity contribution in [2.75, 3.05) is 0 Å². The van der Waals surface area contributed by atoms with Crippen LogP contribution in [0, 0.1) is 5.41 Å². The van der Waals surface area contributed by atoms with Crippen molar-refractivity contribution in [2.24, 2.45) is 5.41 Å². The van der Waals surface area contributed by atoms with Crippen LogP contribution in [0.5, 0.6) is 5.75 Å². The van der Waals surface area contributed by atoms with E-state index in [4.69, 9.17) is 4.74 Å². The Labute approximate surface area is 217 Å². The van der Waals surface area contributed by atoms with Crippen molar-refractivity contribution in [1.82, 2.24) is 9.97 Å². The maximum atomic E-state index is 12.0. The SMILES string of the molecule is CC(C)(C)Sc1c(CC(C)(C)C(=O)O)[nH]c2ccc(OCc3ccccn3)c(Cc3ccccc3)c12. The fourth-order valence-corrected chi connectivity index (χ4v) is 5.36. The Kier molecular flexibility index (Phi) is 7.46. The number of thioether (sulfide) groups is 1. The van der Waals surface area contributed by atoms with Gasteiger partial charge in [0, 0.05) is 50.8 Å². The van der Waals surface area contributed by atoms with Crippen molar-refractivity contribution in [1.29, 1.82) is 0 Å². The van der Waals surface area contributed by atoms with Crippen molar-refractivity contribution < 1.29 is 14.6 Å². The molecule has 5 nitrogen and oxygen atoms in total. The van der Waals surface area contributed by atoms with Crippen LogP contribution in [0.1, 0.15) is 57.1 Å². The normalized spacial score (nSPS) is 12.1. The number of carbonyl (C=O) groups is 1. The highest BCUT2D eigenvalue weighted by molar-refractivity contribution is 8.00. The molecule has 0 radical (unpaired) electrons. The number of aliphatic carboxylic acids is 1. The van der Waals surface area contributed by atoms with Crippen LogP contribution < -0.4 is 4.74 Å². The van der Waals surface area contributed by atoms with Gasteiger partial charge in [-0.2, -0.15) is 0 Å². The van der Waals surface area contributed by atoms with Crippen molar-refractivity contribution >= 4 is 28.6 Å². The number of H-pyrrole nitrogens is 1. The van der Waals surface area contributed by atoms with Crippen LogP contribution >= 0.6 is 11.8 Å². The monoisotopic (exact) mass is 502 g/mol. The first-order valence-electron chi connectivity index (χ1n) is 12.2. The van der Waals surface area contributed by atoms with Gasteiger partial charge in [-0.15, -0.1) is 11.8 Å². The van der Waals surface area contributed by atoms with Gasteiger partial charge < -0.3 is 14.8 Å². The van der Waals surface area contributed by atoms with E-state index in [-0.39, 0.29) is 4.75 Å². The van der Waals surface area contributed by atoms with Crippen LogP contribution in [-0.2, 0) is 24.2 Å². The number of hydrogen-bond acceptors (Lipinski definition) is 4. The lowest BCUT2D eigenvalue weighted by molar-refractivity contribution is -0.146. The Morgan fingerprint density at radius 1 is 1.00 bits per heavy atom. The second-order valence-corrected chi connectivity index (χ2v) is 12.6. The van der Waals surface area contributed by atoms with Crippen molar-refractivity contribution in [3.63, 3.8) is 0 Å². The summed E-state index contributed by atoms with van der Waals surface area (Å²) < 4.78 is 6.29. The summed E-state index contributed by atoms with van der Waals surface area (Å²) in [6.45, 7) is 10.5. The van der Waals surface area contributed by atoms with E-state index in [0.717, 1.165) is 38.5 Å². The lowest BCUT2D eigenvalue weighted by Crippen LogP contribution is -2.26. The van der Waals surface area contributed by atoms with Gasteiger partial charge in [-0.05, 0) is 43.7 Å². The molecule has 36 heavy (non-hydrogen) atoms. The number of fused-ring (bicyclic) bond motifs is 1. The summed E-state index contributed by atoms with van der Waals surface area (Å²) >= 11 is 1.77. The molecule has 2 heterocycles. The second kappa shape index (κ2) is 10.4. The molecule has 0 bridgehead atoms. The van der Waals surface area contributed by atoms with Gasteiger partial charge in [0.25, 0.3) is 0 Å². The maximum absolute atomic E-state index is 12.0. The number of aromatic amines is 1. The van der Waals surface area contributed by atoms with E-state index in [1.54, 1.807) is 31.8 Å². The van der Waals surface area contributed by atoms with Gasteiger partial charge >= 0.3 is 5.97 Å². The molecule has 0 unspecified atom stereocenters. The van der Waals surface area contributed by atoms with E-state index in [1.807, 2.05) is 48.5 Å². The molecule has 2 N–H and O–H groups in total. The number of aromatic nitrogens is 2. The Bertz CT molecular complexity index is 1340. The van der Waals surface area contributed by atoms with Crippen molar-refractivity contribution in [3.8, 4) is 5.75 Å². The quantitative estimate of drug-likeness (QED) is 0.235. The Morgan fingerprint density at radius 3 is 2.36 bits per heavy atom. The third-order valence-corrected chi connectivity index (χ3v) is 7.25. The van der Waals surface area contributed by atoms with E-state index >= 15 is 0 Å². The number of rotatable bonds is 9. The highest BCUT2D eigenvalue weighted by Crippen LogP contribution is 2.45. The molecule has 0 aliphatic carbocycles. The number of nitrogens with one attached hydrogen (secondary N) is 1. The largest absolute Gasteiger partial charge is 0.487 e. The summed E-state index contributed by atoms with van der Waals surface area (Å²) in [5.74, 6) is 0.00701. The molecule has 0 atom stereocenters. The standard InChI is InChI=1S/C30H34N2O3S/c1-29(2,3)36-27-24(18-30(4,5)28(33)34)32-23-14-15-25(35-19-21-13-9-10-16-31-21)22(26(23)27)17-20-11-7-6-8-12-20/h6-16,32H,17-19H2,1-5H3,(H,33,34). The fourth-order valence-electron chi connectivity index (χ4n) is 4.17. The zero-order chi connectivity index (χ0) is 25.9. The molecule has 2 aromatic carbocycles. The van der Waals surface area contributed by atoms with E-state index in [2.05, 4.69) is 42.9 Å². The lowest BCUT2D eigenvalue weighted by Gasteiger charge is -2.23. The predicted molar refractivity (Wildman–Crippen MR) is 147 cm³/mol. The number of nitrogens with zero attached hydrogens (tertiary/aromatic N) is 1. The predicted octanol–water partition coefficient (Wildman–Crippen LogP) is 7.28. The molecule has 4 aromatic rings.